The van der Waals surface area contributed by atoms with Crippen LogP contribution in [-0.2, 0) is 6.42 Å². The Labute approximate surface area is 104 Å². The lowest BCUT2D eigenvalue weighted by Crippen LogP contribution is -2.29. The fraction of sp³-hybridized carbons (Fsp3) is 0.462. The second-order valence-electron chi connectivity index (χ2n) is 4.38. The van der Waals surface area contributed by atoms with Gasteiger partial charge in [0.15, 0.2) is 0 Å². The SMILES string of the molecule is FC(F)(F)Oc1ccc(CC2[CH]CNCC2)cc1. The van der Waals surface area contributed by atoms with E-state index >= 15 is 0 Å². The lowest BCUT2D eigenvalue weighted by molar-refractivity contribution is -0.274. The molecule has 1 radical (unpaired) electrons. The number of nitrogens with one attached hydrogen (secondary N) is 1. The van der Waals surface area contributed by atoms with Crippen LogP contribution < -0.4 is 10.1 Å². The molecule has 0 bridgehead atoms. The maximum absolute atomic E-state index is 12.0. The fourth-order valence-electron chi connectivity index (χ4n) is 2.07. The summed E-state index contributed by atoms with van der Waals surface area (Å²) in [6, 6.07) is 6.11. The van der Waals surface area contributed by atoms with Crippen LogP contribution in [0.3, 0.4) is 0 Å². The molecular weight excluding hydrogens is 243 g/mol. The van der Waals surface area contributed by atoms with Gasteiger partial charge in [-0.3, -0.25) is 0 Å². The number of halogens is 3. The smallest absolute Gasteiger partial charge is 0.406 e. The highest BCUT2D eigenvalue weighted by Crippen LogP contribution is 2.24. The number of piperidine rings is 1. The van der Waals surface area contributed by atoms with Crippen LogP contribution in [0.5, 0.6) is 5.75 Å². The summed E-state index contributed by atoms with van der Waals surface area (Å²) in [7, 11) is 0. The molecule has 0 aliphatic carbocycles. The topological polar surface area (TPSA) is 21.3 Å². The molecule has 1 fully saturated rings. The first-order chi connectivity index (χ1) is 8.53. The molecule has 5 heteroatoms. The van der Waals surface area contributed by atoms with Gasteiger partial charge in [-0.05, 0) is 56.0 Å². The van der Waals surface area contributed by atoms with Gasteiger partial charge in [0.1, 0.15) is 5.75 Å². The number of hydrogen-bond donors (Lipinski definition) is 1. The molecule has 1 saturated heterocycles. The van der Waals surface area contributed by atoms with Crippen molar-refractivity contribution in [3.63, 3.8) is 0 Å². The number of alkyl halides is 3. The van der Waals surface area contributed by atoms with E-state index in [4.69, 9.17) is 0 Å². The average molecular weight is 258 g/mol. The normalized spacial score (nSPS) is 17.7. The molecule has 18 heavy (non-hydrogen) atoms. The van der Waals surface area contributed by atoms with E-state index in [1.807, 2.05) is 0 Å². The number of rotatable bonds is 3. The van der Waals surface area contributed by atoms with E-state index in [0.717, 1.165) is 31.5 Å². The van der Waals surface area contributed by atoms with Crippen molar-refractivity contribution >= 4 is 0 Å². The quantitative estimate of drug-likeness (QED) is 0.900. The third-order valence-corrected chi connectivity index (χ3v) is 2.94. The minimum atomic E-state index is -4.62. The summed E-state index contributed by atoms with van der Waals surface area (Å²) in [5, 5.41) is 3.23. The Morgan fingerprint density at radius 1 is 1.22 bits per heavy atom. The maximum Gasteiger partial charge on any atom is 0.573 e. The lowest BCUT2D eigenvalue weighted by atomic mass is 9.91. The number of benzene rings is 1. The standard InChI is InChI=1S/C13H15F3NO/c14-13(15,16)18-12-3-1-10(2-4-12)9-11-5-7-17-8-6-11/h1-5,11,17H,6-9H2. The van der Waals surface area contributed by atoms with Crippen LogP contribution >= 0.6 is 0 Å². The Balaban J connectivity index is 1.90. The van der Waals surface area contributed by atoms with E-state index in [1.54, 1.807) is 12.1 Å². The molecule has 1 unspecified atom stereocenters. The fourth-order valence-corrected chi connectivity index (χ4v) is 2.07. The molecule has 99 valence electrons. The molecule has 1 aromatic carbocycles. The summed E-state index contributed by atoms with van der Waals surface area (Å²) >= 11 is 0. The van der Waals surface area contributed by atoms with Gasteiger partial charge in [0.05, 0.1) is 0 Å². The van der Waals surface area contributed by atoms with Crippen molar-refractivity contribution in [3.05, 3.63) is 36.2 Å². The third kappa shape index (κ3) is 4.22. The molecular formula is C13H15F3NO. The van der Waals surface area contributed by atoms with Gasteiger partial charge in [-0.1, -0.05) is 12.1 Å². The summed E-state index contributed by atoms with van der Waals surface area (Å²) < 4.78 is 39.8. The zero-order valence-corrected chi connectivity index (χ0v) is 9.83. The average Bonchev–Trinajstić information content (AvgIpc) is 2.31. The van der Waals surface area contributed by atoms with Crippen molar-refractivity contribution in [1.82, 2.24) is 5.32 Å². The predicted molar refractivity (Wildman–Crippen MR) is 62.1 cm³/mol. The van der Waals surface area contributed by atoms with Crippen LogP contribution in [0.2, 0.25) is 0 Å². The number of hydrogen-bond acceptors (Lipinski definition) is 2. The highest BCUT2D eigenvalue weighted by Gasteiger charge is 2.30. The Hall–Kier alpha value is -1.23. The first-order valence-corrected chi connectivity index (χ1v) is 5.92. The Morgan fingerprint density at radius 2 is 1.94 bits per heavy atom. The summed E-state index contributed by atoms with van der Waals surface area (Å²) in [6.07, 6.45) is -0.470. The molecule has 1 aliphatic rings. The van der Waals surface area contributed by atoms with Crippen molar-refractivity contribution < 1.29 is 17.9 Å². The van der Waals surface area contributed by atoms with Crippen LogP contribution in [0, 0.1) is 12.3 Å². The molecule has 0 amide bonds. The molecule has 1 aliphatic heterocycles. The highest BCUT2D eigenvalue weighted by molar-refractivity contribution is 5.28. The highest BCUT2D eigenvalue weighted by atomic mass is 19.4. The zero-order valence-electron chi connectivity index (χ0n) is 9.83. The van der Waals surface area contributed by atoms with Gasteiger partial charge in [0, 0.05) is 0 Å². The summed E-state index contributed by atoms with van der Waals surface area (Å²) in [6.45, 7) is 1.90. The molecule has 0 saturated carbocycles. The molecule has 1 heterocycles. The first-order valence-electron chi connectivity index (χ1n) is 5.92. The summed E-state index contributed by atoms with van der Waals surface area (Å²) in [4.78, 5) is 0. The monoisotopic (exact) mass is 258 g/mol. The van der Waals surface area contributed by atoms with Gasteiger partial charge in [-0.2, -0.15) is 0 Å². The molecule has 0 aromatic heterocycles. The second kappa shape index (κ2) is 5.61. The molecule has 0 spiro atoms. The summed E-state index contributed by atoms with van der Waals surface area (Å²) in [5.74, 6) is 0.334. The molecule has 1 atom stereocenters. The van der Waals surface area contributed by atoms with Crippen LogP contribution in [-0.4, -0.2) is 19.5 Å². The largest absolute Gasteiger partial charge is 0.573 e. The van der Waals surface area contributed by atoms with Crippen LogP contribution in [0.4, 0.5) is 13.2 Å². The minimum absolute atomic E-state index is 0.166. The van der Waals surface area contributed by atoms with Crippen LogP contribution in [0.1, 0.15) is 12.0 Å². The minimum Gasteiger partial charge on any atom is -0.406 e. The van der Waals surface area contributed by atoms with Crippen LogP contribution in [0.15, 0.2) is 24.3 Å². The van der Waals surface area contributed by atoms with E-state index in [1.165, 1.54) is 12.1 Å². The van der Waals surface area contributed by atoms with E-state index < -0.39 is 6.36 Å². The lowest BCUT2D eigenvalue weighted by Gasteiger charge is -2.22. The second-order valence-corrected chi connectivity index (χ2v) is 4.38. The molecule has 2 nitrogen and oxygen atoms in total. The van der Waals surface area contributed by atoms with Crippen LogP contribution in [0.25, 0.3) is 0 Å². The van der Waals surface area contributed by atoms with Gasteiger partial charge in [0.25, 0.3) is 0 Å². The van der Waals surface area contributed by atoms with Gasteiger partial charge >= 0.3 is 6.36 Å². The van der Waals surface area contributed by atoms with E-state index in [-0.39, 0.29) is 5.75 Å². The van der Waals surface area contributed by atoms with Gasteiger partial charge < -0.3 is 10.1 Å². The Bertz CT molecular complexity index is 369. The van der Waals surface area contributed by atoms with Gasteiger partial charge in [-0.15, -0.1) is 13.2 Å². The van der Waals surface area contributed by atoms with E-state index in [2.05, 4.69) is 16.5 Å². The molecule has 2 rings (SSSR count). The van der Waals surface area contributed by atoms with Crippen molar-refractivity contribution in [2.45, 2.75) is 19.2 Å². The molecule has 1 aromatic rings. The van der Waals surface area contributed by atoms with Gasteiger partial charge in [-0.25, -0.2) is 0 Å². The van der Waals surface area contributed by atoms with Crippen molar-refractivity contribution in [2.24, 2.45) is 5.92 Å². The molecule has 1 N–H and O–H groups in total. The van der Waals surface area contributed by atoms with Crippen molar-refractivity contribution in [3.8, 4) is 5.75 Å². The Kier molecular flexibility index (Phi) is 4.11. The first kappa shape index (κ1) is 13.2. The van der Waals surface area contributed by atoms with Crippen molar-refractivity contribution in [2.75, 3.05) is 13.1 Å². The number of ether oxygens (including phenoxy) is 1. The Morgan fingerprint density at radius 3 is 2.50 bits per heavy atom. The predicted octanol–water partition coefficient (Wildman–Crippen LogP) is 2.94. The van der Waals surface area contributed by atoms with E-state index in [9.17, 15) is 13.2 Å². The zero-order chi connectivity index (χ0) is 13.0. The van der Waals surface area contributed by atoms with Gasteiger partial charge in [0.2, 0.25) is 0 Å². The third-order valence-electron chi connectivity index (χ3n) is 2.94. The van der Waals surface area contributed by atoms with Crippen molar-refractivity contribution in [1.29, 1.82) is 0 Å². The summed E-state index contributed by atoms with van der Waals surface area (Å²) in [5.41, 5.74) is 1.03. The maximum atomic E-state index is 12.0. The van der Waals surface area contributed by atoms with E-state index in [0.29, 0.717) is 5.92 Å².